The number of rotatable bonds is 8. The van der Waals surface area contributed by atoms with Gasteiger partial charge in [0, 0.05) is 13.5 Å². The minimum Gasteiger partial charge on any atom is -0.706 e. The van der Waals surface area contributed by atoms with Crippen LogP contribution in [0.25, 0.3) is 28.0 Å². The van der Waals surface area contributed by atoms with Crippen LogP contribution >= 0.6 is 7.92 Å². The number of benzene rings is 4. The van der Waals surface area contributed by atoms with E-state index in [-0.39, 0.29) is 20.4 Å². The zero-order chi connectivity index (χ0) is 37.8. The smallest absolute Gasteiger partial charge is 0.706 e. The van der Waals surface area contributed by atoms with Gasteiger partial charge in [0.05, 0.1) is 22.9 Å². The standard InChI is InChI=1S/C33H49P.C12H9N.CH4O3S.Pd/c1-23(2)26-21-30(24(3)4)33(31(22-26)25(5)6)29-19-13-14-20-32(29)34(27-15-9-7-10-16-27)28-17-11-8-12-18-28;13-12-9-5-4-8-11(12)10-6-2-1-3-7-10;1-5(2,3)4;/h13-14,19-25,27-28H,7-12,15-18H2,1-6H3;1-6,8-9,13H;1H3,(H,2,3,4);/q;-2;;+2/p+1. The second kappa shape index (κ2) is 21.7. The van der Waals surface area contributed by atoms with Crippen molar-refractivity contribution in [3.8, 4) is 22.3 Å². The summed E-state index contributed by atoms with van der Waals surface area (Å²) < 4.78 is 25.9. The molecule has 0 unspecified atom stereocenters. The van der Waals surface area contributed by atoms with Crippen LogP contribution in [0, 0.1) is 6.07 Å². The molecular weight excluding hydrogens is 784 g/mol. The molecule has 290 valence electrons. The van der Waals surface area contributed by atoms with Crippen molar-refractivity contribution in [2.24, 2.45) is 0 Å². The summed E-state index contributed by atoms with van der Waals surface area (Å²) in [6, 6.07) is 33.2. The third-order valence-electron chi connectivity index (χ3n) is 10.7. The van der Waals surface area contributed by atoms with Crippen LogP contribution in [0.3, 0.4) is 0 Å². The van der Waals surface area contributed by atoms with E-state index in [0.29, 0.717) is 29.7 Å². The van der Waals surface area contributed by atoms with Crippen molar-refractivity contribution in [2.75, 3.05) is 6.26 Å². The van der Waals surface area contributed by atoms with Gasteiger partial charge in [0.15, 0.2) is 0 Å². The Labute approximate surface area is 337 Å². The zero-order valence-corrected chi connectivity index (χ0v) is 36.4. The van der Waals surface area contributed by atoms with Crippen LogP contribution in [0.5, 0.6) is 0 Å². The van der Waals surface area contributed by atoms with Crippen molar-refractivity contribution >= 4 is 29.0 Å². The van der Waals surface area contributed by atoms with Crippen molar-refractivity contribution in [2.45, 2.75) is 135 Å². The molecule has 0 radical (unpaired) electrons. The van der Waals surface area contributed by atoms with Gasteiger partial charge in [0.1, 0.15) is 0 Å². The first kappa shape index (κ1) is 45.1. The molecule has 2 aliphatic carbocycles. The largest absolute Gasteiger partial charge is 2.00 e. The van der Waals surface area contributed by atoms with Gasteiger partial charge in [-0.05, 0) is 97.4 Å². The van der Waals surface area contributed by atoms with Crippen molar-refractivity contribution < 1.29 is 33.4 Å². The van der Waals surface area contributed by atoms with Gasteiger partial charge in [-0.1, -0.05) is 109 Å². The Balaban J connectivity index is 0.000000327. The van der Waals surface area contributed by atoms with E-state index in [2.05, 4.69) is 84.0 Å². The molecule has 0 atom stereocenters. The monoisotopic (exact) mass is 846 g/mol. The average Bonchev–Trinajstić information content (AvgIpc) is 3.12. The van der Waals surface area contributed by atoms with E-state index in [1.165, 1.54) is 69.8 Å². The minimum atomic E-state index is -3.67. The average molecular weight is 847 g/mol. The van der Waals surface area contributed by atoms with Crippen LogP contribution in [0.15, 0.2) is 84.9 Å². The molecule has 7 heteroatoms. The summed E-state index contributed by atoms with van der Waals surface area (Å²) in [5.74, 6) is 1.65. The van der Waals surface area contributed by atoms with Gasteiger partial charge >= 0.3 is 20.4 Å². The molecule has 0 bridgehead atoms. The summed E-state index contributed by atoms with van der Waals surface area (Å²) in [7, 11) is -4.28. The first-order chi connectivity index (χ1) is 24.8. The molecular formula is C46H63NO3PPdS+. The van der Waals surface area contributed by atoms with E-state index in [9.17, 15) is 8.42 Å². The molecule has 0 aliphatic heterocycles. The quantitative estimate of drug-likeness (QED) is 0.0830. The van der Waals surface area contributed by atoms with Gasteiger partial charge in [-0.25, -0.2) is 0 Å². The number of hydrogen-bond acceptors (Lipinski definition) is 2. The van der Waals surface area contributed by atoms with Crippen LogP contribution in [0.2, 0.25) is 0 Å². The molecule has 2 fully saturated rings. The van der Waals surface area contributed by atoms with E-state index in [0.717, 1.165) is 22.4 Å². The van der Waals surface area contributed by atoms with E-state index < -0.39 is 18.0 Å². The fourth-order valence-corrected chi connectivity index (χ4v) is 12.5. The number of nitrogens with one attached hydrogen (secondary N) is 1. The summed E-state index contributed by atoms with van der Waals surface area (Å²) in [5, 5.41) is 1.78. The molecule has 0 heterocycles. The molecule has 0 spiro atoms. The van der Waals surface area contributed by atoms with E-state index in [1.54, 1.807) is 33.6 Å². The second-order valence-corrected chi connectivity index (χ2v) is 20.3. The normalized spacial score (nSPS) is 15.4. The number of hydrogen-bond donors (Lipinski definition) is 1. The Kier molecular flexibility index (Phi) is 18.4. The van der Waals surface area contributed by atoms with Gasteiger partial charge in [0.2, 0.25) is 0 Å². The second-order valence-electron chi connectivity index (χ2n) is 15.8. The molecule has 2 N–H and O–H groups in total. The first-order valence-electron chi connectivity index (χ1n) is 19.6. The van der Waals surface area contributed by atoms with Gasteiger partial charge < -0.3 is 5.73 Å². The summed E-state index contributed by atoms with van der Waals surface area (Å²) in [4.78, 5) is 0. The Morgan fingerprint density at radius 1 is 0.679 bits per heavy atom. The predicted molar refractivity (Wildman–Crippen MR) is 228 cm³/mol. The molecule has 4 aromatic carbocycles. The third-order valence-corrected chi connectivity index (χ3v) is 14.6. The molecule has 6 rings (SSSR count). The Morgan fingerprint density at radius 3 is 1.57 bits per heavy atom. The van der Waals surface area contributed by atoms with Gasteiger partial charge in [-0.3, -0.25) is 4.55 Å². The molecule has 4 aromatic rings. The summed E-state index contributed by atoms with van der Waals surface area (Å²) in [6.45, 7) is 14.3. The topological polar surface area (TPSA) is 78.2 Å². The first-order valence-corrected chi connectivity index (χ1v) is 23.1. The molecule has 0 amide bonds. The summed E-state index contributed by atoms with van der Waals surface area (Å²) >= 11 is 0. The maximum atomic E-state index is 9.19. The molecule has 2 aliphatic rings. The van der Waals surface area contributed by atoms with Crippen LogP contribution in [0.4, 0.5) is 5.69 Å². The van der Waals surface area contributed by atoms with Crippen LogP contribution in [-0.2, 0) is 30.5 Å². The molecule has 0 saturated heterocycles. The SMILES string of the molecule is CC(C)c1cc(C(C)C)c(-c2ccccc2[PH+](C2CCCCC2)C2CCCCC2)c(C(C)C)c1.CS(=O)(=O)O.[NH-]c1ccccc1-c1[c-]cccc1.[Pd+2]. The summed E-state index contributed by atoms with van der Waals surface area (Å²) in [6.07, 6.45) is 15.4. The van der Waals surface area contributed by atoms with Crippen molar-refractivity contribution in [1.29, 1.82) is 0 Å². The molecule has 4 nitrogen and oxygen atoms in total. The van der Waals surface area contributed by atoms with Crippen LogP contribution in [-0.4, -0.2) is 30.5 Å². The van der Waals surface area contributed by atoms with Crippen molar-refractivity contribution in [3.05, 3.63) is 113 Å². The fraction of sp³-hybridized carbons (Fsp3) is 0.478. The molecule has 53 heavy (non-hydrogen) atoms. The zero-order valence-electron chi connectivity index (χ0n) is 33.0. The van der Waals surface area contributed by atoms with E-state index >= 15 is 0 Å². The maximum Gasteiger partial charge on any atom is 2.00 e. The summed E-state index contributed by atoms with van der Waals surface area (Å²) in [5.41, 5.74) is 20.0. The minimum absolute atomic E-state index is 0. The van der Waals surface area contributed by atoms with Gasteiger partial charge in [0.25, 0.3) is 10.1 Å². The Morgan fingerprint density at radius 2 is 1.13 bits per heavy atom. The van der Waals surface area contributed by atoms with E-state index in [4.69, 9.17) is 10.3 Å². The van der Waals surface area contributed by atoms with Crippen LogP contribution in [0.1, 0.15) is 140 Å². The fourth-order valence-electron chi connectivity index (χ4n) is 8.10. The van der Waals surface area contributed by atoms with Gasteiger partial charge in [-0.2, -0.15) is 14.1 Å². The Bertz CT molecular complexity index is 1740. The van der Waals surface area contributed by atoms with Crippen molar-refractivity contribution in [3.63, 3.8) is 0 Å². The Hall–Kier alpha value is -2.32. The molecule has 0 aromatic heterocycles. The third kappa shape index (κ3) is 13.4. The maximum absolute atomic E-state index is 9.19. The van der Waals surface area contributed by atoms with Crippen LogP contribution < -0.4 is 5.30 Å². The van der Waals surface area contributed by atoms with Crippen molar-refractivity contribution in [1.82, 2.24) is 0 Å². The van der Waals surface area contributed by atoms with Gasteiger partial charge in [-0.15, -0.1) is 41.5 Å². The van der Waals surface area contributed by atoms with E-state index in [1.807, 2.05) is 42.5 Å². The predicted octanol–water partition coefficient (Wildman–Crippen LogP) is 13.6. The molecule has 2 saturated carbocycles.